The Bertz CT molecular complexity index is 1590. The van der Waals surface area contributed by atoms with Gasteiger partial charge in [0.05, 0.1) is 5.56 Å². The number of hydrogen-bond acceptors (Lipinski definition) is 2. The van der Waals surface area contributed by atoms with E-state index >= 15 is 0 Å². The number of ether oxygens (including phenoxy) is 1. The highest BCUT2D eigenvalue weighted by atomic mass is 31.2. The molecule has 5 aromatic rings. The molecule has 0 bridgehead atoms. The van der Waals surface area contributed by atoms with Crippen molar-refractivity contribution in [1.29, 1.82) is 0 Å². The van der Waals surface area contributed by atoms with E-state index in [2.05, 4.69) is 0 Å². The van der Waals surface area contributed by atoms with Crippen LogP contribution >= 0.6 is 6.89 Å². The standard InChI is InChI=1S/C32H20F5O2P/c33-28-27(29(34)31(36)32(37)30(28)35)21-16-18-22(19-17-21)39-26(38)20-40(23-10-4-1-5-11-23,24-12-6-2-7-13-24)25-14-8-3-9-15-25/h1-20H. The summed E-state index contributed by atoms with van der Waals surface area (Å²) in [7, 11) is 0. The van der Waals surface area contributed by atoms with Crippen molar-refractivity contribution in [2.45, 2.75) is 0 Å². The molecule has 0 saturated carbocycles. The van der Waals surface area contributed by atoms with Crippen molar-refractivity contribution in [3.63, 3.8) is 0 Å². The van der Waals surface area contributed by atoms with Gasteiger partial charge in [-0.3, -0.25) is 0 Å². The van der Waals surface area contributed by atoms with Gasteiger partial charge in [-0.25, -0.2) is 26.7 Å². The molecule has 0 aliphatic carbocycles. The molecule has 0 aromatic heterocycles. The van der Waals surface area contributed by atoms with E-state index < -0.39 is 47.5 Å². The van der Waals surface area contributed by atoms with Gasteiger partial charge in [-0.2, -0.15) is 0 Å². The number of rotatable bonds is 6. The van der Waals surface area contributed by atoms with Crippen LogP contribution in [0.25, 0.3) is 11.1 Å². The number of halogens is 5. The van der Waals surface area contributed by atoms with E-state index in [1.807, 2.05) is 91.0 Å². The molecule has 0 spiro atoms. The molecule has 2 nitrogen and oxygen atoms in total. The largest absolute Gasteiger partial charge is 0.423 e. The number of carbonyl (C=O) groups is 1. The Labute approximate surface area is 227 Å². The lowest BCUT2D eigenvalue weighted by Crippen LogP contribution is -2.29. The van der Waals surface area contributed by atoms with Crippen molar-refractivity contribution in [1.82, 2.24) is 0 Å². The fourth-order valence-electron chi connectivity index (χ4n) is 4.51. The second kappa shape index (κ2) is 11.3. The number of hydrogen-bond donors (Lipinski definition) is 0. The number of benzene rings is 5. The third kappa shape index (κ3) is 4.96. The van der Waals surface area contributed by atoms with E-state index in [0.29, 0.717) is 0 Å². The predicted molar refractivity (Wildman–Crippen MR) is 149 cm³/mol. The molecular formula is C32H20F5O2P. The Morgan fingerprint density at radius 3 is 1.30 bits per heavy atom. The zero-order chi connectivity index (χ0) is 28.3. The van der Waals surface area contributed by atoms with Crippen molar-refractivity contribution >= 4 is 34.6 Å². The fourth-order valence-corrected chi connectivity index (χ4v) is 8.15. The highest BCUT2D eigenvalue weighted by Gasteiger charge is 2.28. The molecule has 0 radical (unpaired) electrons. The van der Waals surface area contributed by atoms with Crippen LogP contribution in [-0.4, -0.2) is 11.8 Å². The monoisotopic (exact) mass is 562 g/mol. The van der Waals surface area contributed by atoms with Crippen LogP contribution in [0.3, 0.4) is 0 Å². The van der Waals surface area contributed by atoms with Gasteiger partial charge in [-0.15, -0.1) is 0 Å². The van der Waals surface area contributed by atoms with Gasteiger partial charge in [0.25, 0.3) is 0 Å². The summed E-state index contributed by atoms with van der Waals surface area (Å²) in [6, 6.07) is 33.5. The first-order chi connectivity index (χ1) is 19.3. The van der Waals surface area contributed by atoms with Crippen molar-refractivity contribution in [3.8, 4) is 16.9 Å². The topological polar surface area (TPSA) is 26.3 Å². The molecule has 0 aliphatic heterocycles. The lowest BCUT2D eigenvalue weighted by atomic mass is 10.0. The fraction of sp³-hybridized carbons (Fsp3) is 0. The maximum Gasteiger partial charge on any atom is 0.337 e. The summed E-state index contributed by atoms with van der Waals surface area (Å²) >= 11 is 0. The summed E-state index contributed by atoms with van der Waals surface area (Å²) in [5.74, 6) is -9.29. The Kier molecular flexibility index (Phi) is 7.67. The van der Waals surface area contributed by atoms with Crippen LogP contribution in [0.15, 0.2) is 115 Å². The average molecular weight is 562 g/mol. The number of carbonyl (C=O) groups excluding carboxylic acids is 1. The van der Waals surface area contributed by atoms with E-state index in [9.17, 15) is 26.7 Å². The molecule has 0 heterocycles. The zero-order valence-corrected chi connectivity index (χ0v) is 21.6. The van der Waals surface area contributed by atoms with Crippen LogP contribution in [0, 0.1) is 29.1 Å². The van der Waals surface area contributed by atoms with Crippen LogP contribution in [0.5, 0.6) is 5.75 Å². The molecule has 0 atom stereocenters. The molecule has 0 N–H and O–H groups in total. The molecule has 8 heteroatoms. The van der Waals surface area contributed by atoms with Gasteiger partial charge in [-0.05, 0) is 40.5 Å². The van der Waals surface area contributed by atoms with Gasteiger partial charge >= 0.3 is 5.97 Å². The maximum atomic E-state index is 14.3. The molecule has 0 amide bonds. The maximum absolute atomic E-state index is 14.3. The van der Waals surface area contributed by atoms with Gasteiger partial charge in [0.15, 0.2) is 23.3 Å². The van der Waals surface area contributed by atoms with Gasteiger partial charge in [-0.1, -0.05) is 103 Å². The molecule has 0 unspecified atom stereocenters. The molecule has 0 fully saturated rings. The van der Waals surface area contributed by atoms with Crippen LogP contribution in [0.4, 0.5) is 22.0 Å². The molecular weight excluding hydrogens is 542 g/mol. The summed E-state index contributed by atoms with van der Waals surface area (Å²) in [5, 5.41) is 2.77. The first-order valence-electron chi connectivity index (χ1n) is 12.1. The first kappa shape index (κ1) is 27.1. The Morgan fingerprint density at radius 2 is 0.900 bits per heavy atom. The second-order valence-corrected chi connectivity index (χ2v) is 12.0. The Balaban J connectivity index is 1.57. The third-order valence-electron chi connectivity index (χ3n) is 6.36. The van der Waals surface area contributed by atoms with Crippen molar-refractivity contribution in [2.75, 3.05) is 0 Å². The minimum Gasteiger partial charge on any atom is -0.423 e. The lowest BCUT2D eigenvalue weighted by Gasteiger charge is -2.28. The first-order valence-corrected chi connectivity index (χ1v) is 13.9. The van der Waals surface area contributed by atoms with E-state index in [-0.39, 0.29) is 11.3 Å². The van der Waals surface area contributed by atoms with Crippen LogP contribution in [0.2, 0.25) is 0 Å². The summed E-state index contributed by atoms with van der Waals surface area (Å²) in [6.45, 7) is -2.65. The Morgan fingerprint density at radius 1 is 0.525 bits per heavy atom. The van der Waals surface area contributed by atoms with Crippen molar-refractivity contribution in [3.05, 3.63) is 144 Å². The number of esters is 1. The summed E-state index contributed by atoms with van der Waals surface area (Å²) in [6.07, 6.45) is 0. The summed E-state index contributed by atoms with van der Waals surface area (Å²) in [4.78, 5) is 13.4. The van der Waals surface area contributed by atoms with Crippen LogP contribution in [0.1, 0.15) is 0 Å². The molecule has 0 aliphatic rings. The van der Waals surface area contributed by atoms with Gasteiger partial charge in [0.2, 0.25) is 5.82 Å². The van der Waals surface area contributed by atoms with E-state index in [4.69, 9.17) is 4.74 Å². The quantitative estimate of drug-likeness (QED) is 0.0572. The predicted octanol–water partition coefficient (Wildman–Crippen LogP) is 6.75. The van der Waals surface area contributed by atoms with Crippen LogP contribution < -0.4 is 20.7 Å². The minimum absolute atomic E-state index is 0.0288. The minimum atomic E-state index is -2.65. The highest BCUT2D eigenvalue weighted by molar-refractivity contribution is 7.95. The molecule has 5 aromatic carbocycles. The summed E-state index contributed by atoms with van der Waals surface area (Å²) < 4.78 is 74.9. The lowest BCUT2D eigenvalue weighted by molar-refractivity contribution is -0.126. The van der Waals surface area contributed by atoms with E-state index in [1.165, 1.54) is 12.1 Å². The molecule has 0 saturated heterocycles. The van der Waals surface area contributed by atoms with Gasteiger partial charge in [0.1, 0.15) is 5.75 Å². The highest BCUT2D eigenvalue weighted by Crippen LogP contribution is 2.43. The normalized spacial score (nSPS) is 11.2. The van der Waals surface area contributed by atoms with Gasteiger partial charge < -0.3 is 4.74 Å². The molecule has 5 rings (SSSR count). The van der Waals surface area contributed by atoms with Crippen LogP contribution in [-0.2, 0) is 4.79 Å². The van der Waals surface area contributed by atoms with Gasteiger partial charge in [0, 0.05) is 5.80 Å². The van der Waals surface area contributed by atoms with Crippen molar-refractivity contribution in [2.24, 2.45) is 0 Å². The Hall–Kier alpha value is -4.48. The SMILES string of the molecule is O=C(C=P(c1ccccc1)(c1ccccc1)c1ccccc1)Oc1ccc(-c2c(F)c(F)c(F)c(F)c2F)cc1. The average Bonchev–Trinajstić information content (AvgIpc) is 3.00. The van der Waals surface area contributed by atoms with E-state index in [1.54, 1.807) is 5.80 Å². The smallest absolute Gasteiger partial charge is 0.337 e. The molecule has 40 heavy (non-hydrogen) atoms. The third-order valence-corrected chi connectivity index (χ3v) is 10.3. The summed E-state index contributed by atoms with van der Waals surface area (Å²) in [5.41, 5.74) is -1.33. The van der Waals surface area contributed by atoms with Crippen molar-refractivity contribution < 1.29 is 31.5 Å². The second-order valence-electron chi connectivity index (χ2n) is 8.75. The molecule has 200 valence electrons. The zero-order valence-electron chi connectivity index (χ0n) is 20.7. The van der Waals surface area contributed by atoms with E-state index in [0.717, 1.165) is 28.0 Å².